The molecule has 0 atom stereocenters. The highest BCUT2D eigenvalue weighted by atomic mass is 35.5. The predicted molar refractivity (Wildman–Crippen MR) is 105 cm³/mol. The van der Waals surface area contributed by atoms with E-state index in [4.69, 9.17) is 16.3 Å². The molecule has 1 N–H and O–H groups in total. The maximum absolute atomic E-state index is 12.9. The molecule has 0 bridgehead atoms. The average molecular weight is 383 g/mol. The molecule has 27 heavy (non-hydrogen) atoms. The minimum Gasteiger partial charge on any atom is -0.497 e. The average Bonchev–Trinajstić information content (AvgIpc) is 3.33. The Morgan fingerprint density at radius 2 is 2.11 bits per heavy atom. The number of nitrogens with one attached hydrogen (secondary N) is 1. The number of anilines is 1. The summed E-state index contributed by atoms with van der Waals surface area (Å²) in [6.07, 6.45) is 3.51. The van der Waals surface area contributed by atoms with Gasteiger partial charge in [-0.2, -0.15) is 5.10 Å². The number of nitrogens with zero attached hydrogens (tertiary/aromatic N) is 3. The van der Waals surface area contributed by atoms with Gasteiger partial charge in [-0.3, -0.25) is 10.00 Å². The van der Waals surface area contributed by atoms with Crippen LogP contribution in [-0.2, 0) is 6.54 Å². The molecule has 138 valence electrons. The molecule has 2 heterocycles. The van der Waals surface area contributed by atoms with Gasteiger partial charge in [-0.05, 0) is 29.8 Å². The molecular weight excluding hydrogens is 364 g/mol. The van der Waals surface area contributed by atoms with E-state index in [1.54, 1.807) is 24.4 Å². The van der Waals surface area contributed by atoms with Crippen molar-refractivity contribution in [1.29, 1.82) is 0 Å². The molecule has 0 aliphatic carbocycles. The summed E-state index contributed by atoms with van der Waals surface area (Å²) in [5, 5.41) is 7.32. The zero-order valence-corrected chi connectivity index (χ0v) is 15.6. The molecule has 0 unspecified atom stereocenters. The maximum Gasteiger partial charge on any atom is 0.324 e. The number of hydrogen-bond donors (Lipinski definition) is 1. The lowest BCUT2D eigenvalue weighted by Gasteiger charge is -2.19. The van der Waals surface area contributed by atoms with Crippen LogP contribution in [0.15, 0.2) is 54.9 Å². The first kappa shape index (κ1) is 17.4. The molecule has 7 heteroatoms. The number of aromatic amines is 1. The van der Waals surface area contributed by atoms with Crippen molar-refractivity contribution in [3.8, 4) is 16.9 Å². The van der Waals surface area contributed by atoms with Crippen molar-refractivity contribution in [2.45, 2.75) is 6.54 Å². The van der Waals surface area contributed by atoms with Crippen molar-refractivity contribution in [3.63, 3.8) is 0 Å². The van der Waals surface area contributed by atoms with Crippen LogP contribution in [0.25, 0.3) is 11.1 Å². The van der Waals surface area contributed by atoms with E-state index in [1.165, 1.54) is 0 Å². The molecule has 1 saturated heterocycles. The minimum atomic E-state index is -0.0232. The second kappa shape index (κ2) is 7.32. The highest BCUT2D eigenvalue weighted by Gasteiger charge is 2.30. The van der Waals surface area contributed by atoms with Gasteiger partial charge in [0, 0.05) is 42.6 Å². The summed E-state index contributed by atoms with van der Waals surface area (Å²) in [6, 6.07) is 13.4. The molecule has 6 nitrogen and oxygen atoms in total. The van der Waals surface area contributed by atoms with Crippen LogP contribution in [0.2, 0.25) is 5.02 Å². The third-order valence-electron chi connectivity index (χ3n) is 4.68. The second-order valence-corrected chi connectivity index (χ2v) is 6.77. The van der Waals surface area contributed by atoms with E-state index in [9.17, 15) is 4.79 Å². The molecule has 1 fully saturated rings. The van der Waals surface area contributed by atoms with E-state index in [2.05, 4.69) is 10.2 Å². The van der Waals surface area contributed by atoms with Crippen molar-refractivity contribution >= 4 is 23.3 Å². The third kappa shape index (κ3) is 3.48. The highest BCUT2D eigenvalue weighted by molar-refractivity contribution is 6.33. The van der Waals surface area contributed by atoms with Crippen molar-refractivity contribution in [2.24, 2.45) is 0 Å². The smallest absolute Gasteiger partial charge is 0.324 e. The molecule has 1 aliphatic rings. The van der Waals surface area contributed by atoms with Crippen LogP contribution in [0.3, 0.4) is 0 Å². The standard InChI is InChI=1S/C20H19ClN4O2/c1-27-17-4-2-3-14(9-17)13-24-7-8-25(20(24)26)16-5-6-18(19(21)10-16)15-11-22-23-12-15/h2-6,9-12H,7-8,13H2,1H3,(H,22,23). The van der Waals surface area contributed by atoms with Crippen LogP contribution < -0.4 is 9.64 Å². The molecule has 4 rings (SSSR count). The van der Waals surface area contributed by atoms with Crippen LogP contribution in [-0.4, -0.2) is 41.3 Å². The van der Waals surface area contributed by atoms with Gasteiger partial charge in [-0.15, -0.1) is 0 Å². The van der Waals surface area contributed by atoms with Crippen LogP contribution in [0.4, 0.5) is 10.5 Å². The number of ether oxygens (including phenoxy) is 1. The van der Waals surface area contributed by atoms with E-state index in [-0.39, 0.29) is 6.03 Å². The molecule has 3 aromatic rings. The number of amides is 2. The van der Waals surface area contributed by atoms with Gasteiger partial charge in [0.15, 0.2) is 0 Å². The molecular formula is C20H19ClN4O2. The summed E-state index contributed by atoms with van der Waals surface area (Å²) >= 11 is 6.44. The fraction of sp³-hybridized carbons (Fsp3) is 0.200. The molecule has 2 amide bonds. The van der Waals surface area contributed by atoms with E-state index in [1.807, 2.05) is 47.4 Å². The monoisotopic (exact) mass is 382 g/mol. The Morgan fingerprint density at radius 1 is 1.22 bits per heavy atom. The van der Waals surface area contributed by atoms with Gasteiger partial charge in [0.2, 0.25) is 0 Å². The number of carbonyl (C=O) groups is 1. The zero-order chi connectivity index (χ0) is 18.8. The number of urea groups is 1. The van der Waals surface area contributed by atoms with E-state index in [0.717, 1.165) is 28.1 Å². The van der Waals surface area contributed by atoms with Gasteiger partial charge in [0.05, 0.1) is 18.3 Å². The number of halogens is 1. The van der Waals surface area contributed by atoms with Crippen LogP contribution in [0.1, 0.15) is 5.56 Å². The molecule has 0 spiro atoms. The molecule has 2 aromatic carbocycles. The Labute approximate surface area is 162 Å². The topological polar surface area (TPSA) is 61.5 Å². The summed E-state index contributed by atoms with van der Waals surface area (Å²) < 4.78 is 5.26. The molecule has 0 saturated carbocycles. The first-order chi connectivity index (χ1) is 13.2. The summed E-state index contributed by atoms with van der Waals surface area (Å²) in [7, 11) is 1.64. The second-order valence-electron chi connectivity index (χ2n) is 6.36. The fourth-order valence-corrected chi connectivity index (χ4v) is 3.55. The Balaban J connectivity index is 1.51. The number of hydrogen-bond acceptors (Lipinski definition) is 3. The van der Waals surface area contributed by atoms with E-state index in [0.29, 0.717) is 24.7 Å². The van der Waals surface area contributed by atoms with Crippen molar-refractivity contribution in [2.75, 3.05) is 25.1 Å². The summed E-state index contributed by atoms with van der Waals surface area (Å²) in [5.74, 6) is 0.789. The summed E-state index contributed by atoms with van der Waals surface area (Å²) in [6.45, 7) is 1.84. The first-order valence-corrected chi connectivity index (χ1v) is 9.01. The van der Waals surface area contributed by atoms with Crippen molar-refractivity contribution in [1.82, 2.24) is 15.1 Å². The van der Waals surface area contributed by atoms with Crippen LogP contribution in [0, 0.1) is 0 Å². The zero-order valence-electron chi connectivity index (χ0n) is 14.9. The minimum absolute atomic E-state index is 0.0232. The Kier molecular flexibility index (Phi) is 4.73. The lowest BCUT2D eigenvalue weighted by Crippen LogP contribution is -2.31. The quantitative estimate of drug-likeness (QED) is 0.720. The van der Waals surface area contributed by atoms with Gasteiger partial charge < -0.3 is 9.64 Å². The van der Waals surface area contributed by atoms with Gasteiger partial charge in [-0.25, -0.2) is 4.79 Å². The lowest BCUT2D eigenvalue weighted by molar-refractivity contribution is 0.218. The SMILES string of the molecule is COc1cccc(CN2CCN(c3ccc(-c4cn[nH]c4)c(Cl)c3)C2=O)c1. The summed E-state index contributed by atoms with van der Waals surface area (Å²) in [4.78, 5) is 16.4. The molecule has 1 aliphatic heterocycles. The fourth-order valence-electron chi connectivity index (χ4n) is 3.26. The first-order valence-electron chi connectivity index (χ1n) is 8.64. The Morgan fingerprint density at radius 3 is 2.85 bits per heavy atom. The molecule has 1 aromatic heterocycles. The number of aromatic nitrogens is 2. The largest absolute Gasteiger partial charge is 0.497 e. The summed E-state index contributed by atoms with van der Waals surface area (Å²) in [5.41, 5.74) is 3.64. The normalized spacial score (nSPS) is 14.1. The van der Waals surface area contributed by atoms with Gasteiger partial charge in [0.1, 0.15) is 5.75 Å². The van der Waals surface area contributed by atoms with Crippen LogP contribution in [0.5, 0.6) is 5.75 Å². The number of carbonyl (C=O) groups excluding carboxylic acids is 1. The lowest BCUT2D eigenvalue weighted by atomic mass is 10.1. The van der Waals surface area contributed by atoms with E-state index >= 15 is 0 Å². The maximum atomic E-state index is 12.9. The van der Waals surface area contributed by atoms with Crippen molar-refractivity contribution < 1.29 is 9.53 Å². The highest BCUT2D eigenvalue weighted by Crippen LogP contribution is 2.32. The molecule has 0 radical (unpaired) electrons. The Bertz CT molecular complexity index is 958. The predicted octanol–water partition coefficient (Wildman–Crippen LogP) is 4.18. The van der Waals surface area contributed by atoms with Gasteiger partial charge in [0.25, 0.3) is 0 Å². The van der Waals surface area contributed by atoms with Gasteiger partial charge in [-0.1, -0.05) is 29.8 Å². The van der Waals surface area contributed by atoms with Crippen molar-refractivity contribution in [3.05, 3.63) is 65.4 Å². The number of rotatable bonds is 5. The number of benzene rings is 2. The number of H-pyrrole nitrogens is 1. The van der Waals surface area contributed by atoms with E-state index < -0.39 is 0 Å². The van der Waals surface area contributed by atoms with Gasteiger partial charge >= 0.3 is 6.03 Å². The number of methoxy groups -OCH3 is 1. The third-order valence-corrected chi connectivity index (χ3v) is 4.99. The van der Waals surface area contributed by atoms with Crippen LogP contribution >= 0.6 is 11.6 Å². The Hall–Kier alpha value is -2.99.